The van der Waals surface area contributed by atoms with E-state index in [0.717, 1.165) is 0 Å². The van der Waals surface area contributed by atoms with E-state index in [1.807, 2.05) is 0 Å². The Bertz CT molecular complexity index is 1570. The minimum atomic E-state index is -0.487. The van der Waals surface area contributed by atoms with E-state index >= 15 is 0 Å². The molecule has 0 saturated carbocycles. The molecule has 0 aromatic heterocycles. The fraction of sp³-hybridized carbons (Fsp3) is 0.100. The minimum absolute atomic E-state index is 0.326. The normalized spacial score (nSPS) is 6.21. The number of esters is 1. The molecular formula is C30H12O4. The van der Waals surface area contributed by atoms with Gasteiger partial charge >= 0.3 is 5.97 Å². The number of rotatable bonds is 3. The number of hydrogen-bond donors (Lipinski definition) is 0. The van der Waals surface area contributed by atoms with Gasteiger partial charge in [0.25, 0.3) is 0 Å². The first kappa shape index (κ1) is 25.9. The highest BCUT2D eigenvalue weighted by atomic mass is 16.5. The zero-order valence-corrected chi connectivity index (χ0v) is 18.4. The Morgan fingerprint density at radius 2 is 1.06 bits per heavy atom. The second-order valence-corrected chi connectivity index (χ2v) is 5.06. The quantitative estimate of drug-likeness (QED) is 0.536. The van der Waals surface area contributed by atoms with Crippen LogP contribution in [0.4, 0.5) is 0 Å². The third-order valence-electron chi connectivity index (χ3n) is 2.98. The summed E-state index contributed by atoms with van der Waals surface area (Å²) in [7, 11) is 2.73. The van der Waals surface area contributed by atoms with Gasteiger partial charge < -0.3 is 14.2 Å². The van der Waals surface area contributed by atoms with Crippen molar-refractivity contribution in [2.24, 2.45) is 0 Å². The molecule has 0 aliphatic rings. The maximum absolute atomic E-state index is 11.5. The maximum atomic E-state index is 11.5. The third kappa shape index (κ3) is 11.8. The van der Waals surface area contributed by atoms with Crippen molar-refractivity contribution >= 4 is 5.97 Å². The van der Waals surface area contributed by atoms with E-state index in [1.165, 1.54) is 32.4 Å². The van der Waals surface area contributed by atoms with Crippen LogP contribution in [0, 0.1) is 119 Å². The largest absolute Gasteiger partial charge is 0.493 e. The van der Waals surface area contributed by atoms with E-state index in [0.29, 0.717) is 17.1 Å². The Morgan fingerprint density at radius 3 is 1.47 bits per heavy atom. The van der Waals surface area contributed by atoms with Gasteiger partial charge in [0, 0.05) is 59.2 Å². The monoisotopic (exact) mass is 436 g/mol. The highest BCUT2D eigenvalue weighted by molar-refractivity contribution is 5.90. The van der Waals surface area contributed by atoms with E-state index in [4.69, 9.17) is 9.47 Å². The van der Waals surface area contributed by atoms with Crippen LogP contribution in [0.25, 0.3) is 0 Å². The summed E-state index contributed by atoms with van der Waals surface area (Å²) in [6.07, 6.45) is 2.40. The van der Waals surface area contributed by atoms with Crippen LogP contribution in [0.15, 0.2) is 18.2 Å². The number of hydrogen-bond acceptors (Lipinski definition) is 4. The van der Waals surface area contributed by atoms with Gasteiger partial charge in [0.2, 0.25) is 0 Å². The summed E-state index contributed by atoms with van der Waals surface area (Å²) < 4.78 is 15.1. The number of carbonyl (C=O) groups excluding carboxylic acids is 1. The van der Waals surface area contributed by atoms with Gasteiger partial charge in [-0.2, -0.15) is 0 Å². The Labute approximate surface area is 200 Å². The van der Waals surface area contributed by atoms with Crippen LogP contribution in [-0.2, 0) is 4.74 Å². The molecule has 1 aromatic carbocycles. The first-order valence-electron chi connectivity index (χ1n) is 9.08. The summed E-state index contributed by atoms with van der Waals surface area (Å²) >= 11 is 0. The third-order valence-corrected chi connectivity index (χ3v) is 2.98. The first-order valence-corrected chi connectivity index (χ1v) is 9.08. The Hall–Kier alpha value is -6.11. The topological polar surface area (TPSA) is 44.8 Å². The lowest BCUT2D eigenvalue weighted by Crippen LogP contribution is -2.02. The van der Waals surface area contributed by atoms with Crippen molar-refractivity contribution in [3.8, 4) is 130 Å². The van der Waals surface area contributed by atoms with E-state index in [9.17, 15) is 4.79 Å². The number of benzene rings is 1. The van der Waals surface area contributed by atoms with Gasteiger partial charge in [0.1, 0.15) is 6.11 Å². The molecule has 0 spiro atoms. The smallest absolute Gasteiger partial charge is 0.337 e. The Morgan fingerprint density at radius 1 is 0.618 bits per heavy atom. The fourth-order valence-electron chi connectivity index (χ4n) is 1.67. The molecule has 0 N–H and O–H groups in total. The van der Waals surface area contributed by atoms with Gasteiger partial charge in [-0.3, -0.25) is 0 Å². The SMILES string of the molecule is CC#CC#CC#CC#CC#CC#CC#CC#CC#CC#COc1ccc(C(=O)OC)cc1OC. The summed E-state index contributed by atoms with van der Waals surface area (Å²) in [6.45, 7) is 1.69. The first-order chi connectivity index (χ1) is 16.7. The van der Waals surface area contributed by atoms with Gasteiger partial charge in [-0.25, -0.2) is 4.79 Å². The van der Waals surface area contributed by atoms with Gasteiger partial charge in [0.15, 0.2) is 11.5 Å². The Kier molecular flexibility index (Phi) is 13.5. The average Bonchev–Trinajstić information content (AvgIpc) is 2.87. The van der Waals surface area contributed by atoms with Crippen LogP contribution in [-0.4, -0.2) is 20.2 Å². The zero-order valence-electron chi connectivity index (χ0n) is 18.4. The van der Waals surface area contributed by atoms with Gasteiger partial charge in [-0.1, -0.05) is 5.92 Å². The zero-order chi connectivity index (χ0) is 24.7. The summed E-state index contributed by atoms with van der Waals surface area (Å²) in [6, 6.07) is 4.55. The van der Waals surface area contributed by atoms with Crippen LogP contribution in [0.5, 0.6) is 11.5 Å². The van der Waals surface area contributed by atoms with Crippen LogP contribution >= 0.6 is 0 Å². The Balaban J connectivity index is 2.55. The molecule has 0 atom stereocenters. The highest BCUT2D eigenvalue weighted by Crippen LogP contribution is 2.28. The molecule has 0 bridgehead atoms. The van der Waals surface area contributed by atoms with Gasteiger partial charge in [-0.15, -0.1) is 0 Å². The molecule has 0 radical (unpaired) electrons. The van der Waals surface area contributed by atoms with Crippen LogP contribution in [0.1, 0.15) is 17.3 Å². The molecule has 34 heavy (non-hydrogen) atoms. The number of ether oxygens (including phenoxy) is 3. The van der Waals surface area contributed by atoms with E-state index in [1.54, 1.807) is 6.92 Å². The highest BCUT2D eigenvalue weighted by Gasteiger charge is 2.10. The maximum Gasteiger partial charge on any atom is 0.337 e. The summed E-state index contributed by atoms with van der Waals surface area (Å²) in [5.41, 5.74) is 0.326. The second-order valence-electron chi connectivity index (χ2n) is 5.06. The van der Waals surface area contributed by atoms with Crippen LogP contribution in [0.3, 0.4) is 0 Å². The molecule has 0 saturated heterocycles. The fourth-order valence-corrected chi connectivity index (χ4v) is 1.67. The van der Waals surface area contributed by atoms with Crippen LogP contribution in [0.2, 0.25) is 0 Å². The van der Waals surface area contributed by atoms with Crippen molar-refractivity contribution in [3.63, 3.8) is 0 Å². The predicted molar refractivity (Wildman–Crippen MR) is 128 cm³/mol. The van der Waals surface area contributed by atoms with E-state index in [2.05, 4.69) is 123 Å². The van der Waals surface area contributed by atoms with E-state index < -0.39 is 5.97 Å². The van der Waals surface area contributed by atoms with Crippen molar-refractivity contribution < 1.29 is 19.0 Å². The lowest BCUT2D eigenvalue weighted by molar-refractivity contribution is 0.0600. The van der Waals surface area contributed by atoms with Crippen molar-refractivity contribution in [1.82, 2.24) is 0 Å². The molecule has 0 aliphatic heterocycles. The molecule has 0 heterocycles. The molecule has 4 nitrogen and oxygen atoms in total. The van der Waals surface area contributed by atoms with Crippen molar-refractivity contribution in [2.75, 3.05) is 14.2 Å². The summed E-state index contributed by atoms with van der Waals surface area (Å²) in [4.78, 5) is 11.5. The molecule has 156 valence electrons. The average molecular weight is 436 g/mol. The van der Waals surface area contributed by atoms with Gasteiger partial charge in [0.05, 0.1) is 19.8 Å². The van der Waals surface area contributed by atoms with E-state index in [-0.39, 0.29) is 0 Å². The molecule has 4 heteroatoms. The lowest BCUT2D eigenvalue weighted by Gasteiger charge is -2.07. The van der Waals surface area contributed by atoms with Crippen LogP contribution < -0.4 is 9.47 Å². The van der Waals surface area contributed by atoms with Crippen molar-refractivity contribution in [2.45, 2.75) is 6.92 Å². The summed E-state index contributed by atoms with van der Waals surface area (Å²) in [5, 5.41) is 0. The predicted octanol–water partition coefficient (Wildman–Crippen LogP) is 1.87. The number of carbonyl (C=O) groups is 1. The molecule has 1 rings (SSSR count). The molecule has 0 aliphatic carbocycles. The van der Waals surface area contributed by atoms with Crippen molar-refractivity contribution in [3.05, 3.63) is 23.8 Å². The molecule has 0 amide bonds. The standard InChI is InChI=1S/C30H12O4/c1-4-5-6-7-8-9-10-11-12-13-14-15-16-17-18-19-20-21-22-25-34-28-24-23-27(30(31)33-3)26-29(28)32-2/h23-24,26H,1-3H3. The second kappa shape index (κ2) is 17.7. The van der Waals surface area contributed by atoms with Crippen molar-refractivity contribution in [1.29, 1.82) is 0 Å². The lowest BCUT2D eigenvalue weighted by atomic mass is 10.2. The minimum Gasteiger partial charge on any atom is -0.493 e. The van der Waals surface area contributed by atoms with Gasteiger partial charge in [-0.05, 0) is 72.5 Å². The summed E-state index contributed by atoms with van der Waals surface area (Å²) in [5.74, 6) is 47.9. The molecular weight excluding hydrogens is 424 g/mol. The molecule has 0 fully saturated rings. The molecule has 1 aromatic rings. The number of methoxy groups -OCH3 is 2. The molecule has 0 unspecified atom stereocenters.